The highest BCUT2D eigenvalue weighted by atomic mass is 16.4. The Kier molecular flexibility index (Phi) is 10.8. The van der Waals surface area contributed by atoms with Crippen molar-refractivity contribution in [1.29, 1.82) is 0 Å². The van der Waals surface area contributed by atoms with Gasteiger partial charge < -0.3 is 5.11 Å². The van der Waals surface area contributed by atoms with Crippen LogP contribution in [0.2, 0.25) is 0 Å². The second-order valence-electron chi connectivity index (χ2n) is 5.32. The molecule has 0 bridgehead atoms. The van der Waals surface area contributed by atoms with Gasteiger partial charge in [-0.05, 0) is 39.0 Å². The highest BCUT2D eigenvalue weighted by molar-refractivity contribution is 5.71. The van der Waals surface area contributed by atoms with Crippen molar-refractivity contribution in [3.8, 4) is 0 Å². The second kappa shape index (κ2) is 11.5. The van der Waals surface area contributed by atoms with Crippen molar-refractivity contribution < 1.29 is 9.90 Å². The highest BCUT2D eigenvalue weighted by Crippen LogP contribution is 2.19. The molecule has 2 nitrogen and oxygen atoms in total. The quantitative estimate of drug-likeness (QED) is 0.505. The molecule has 0 aliphatic heterocycles. The van der Waals surface area contributed by atoms with Crippen LogP contribution in [0.4, 0.5) is 0 Å². The molecule has 0 rings (SSSR count). The smallest absolute Gasteiger partial charge is 0.310 e. The Morgan fingerprint density at radius 1 is 1.20 bits per heavy atom. The molecule has 0 heterocycles. The summed E-state index contributed by atoms with van der Waals surface area (Å²) >= 11 is 0. The van der Waals surface area contributed by atoms with Gasteiger partial charge in [-0.1, -0.05) is 56.1 Å². The maximum absolute atomic E-state index is 10.8. The van der Waals surface area contributed by atoms with Gasteiger partial charge >= 0.3 is 5.97 Å². The van der Waals surface area contributed by atoms with Crippen molar-refractivity contribution in [2.24, 2.45) is 5.92 Å². The van der Waals surface area contributed by atoms with Crippen LogP contribution in [0.25, 0.3) is 0 Å². The van der Waals surface area contributed by atoms with Crippen molar-refractivity contribution in [2.45, 2.75) is 65.7 Å². The van der Waals surface area contributed by atoms with Crippen LogP contribution < -0.4 is 0 Å². The normalized spacial score (nSPS) is 14.2. The number of hydrogen-bond donors (Lipinski definition) is 1. The molecule has 0 aromatic carbocycles. The largest absolute Gasteiger partial charge is 0.481 e. The molecule has 0 fully saturated rings. The zero-order valence-corrected chi connectivity index (χ0v) is 13.3. The molecule has 0 spiro atoms. The van der Waals surface area contributed by atoms with Crippen molar-refractivity contribution in [3.63, 3.8) is 0 Å². The molecule has 2 heteroatoms. The van der Waals surface area contributed by atoms with Gasteiger partial charge in [-0.3, -0.25) is 4.79 Å². The Balaban J connectivity index is 4.28. The molecule has 114 valence electrons. The molecule has 0 aromatic rings. The van der Waals surface area contributed by atoms with Crippen molar-refractivity contribution in [2.75, 3.05) is 0 Å². The van der Waals surface area contributed by atoms with Crippen LogP contribution in [-0.4, -0.2) is 11.1 Å². The van der Waals surface area contributed by atoms with Crippen molar-refractivity contribution in [1.82, 2.24) is 0 Å². The molecule has 0 aliphatic carbocycles. The number of carboxylic acid groups (broad SMARTS) is 1. The van der Waals surface area contributed by atoms with E-state index in [1.165, 1.54) is 37.3 Å². The number of aliphatic carboxylic acids is 1. The Labute approximate surface area is 124 Å². The lowest BCUT2D eigenvalue weighted by Crippen LogP contribution is -2.09. The number of allylic oxidation sites excluding steroid dienone is 4. The molecule has 0 saturated carbocycles. The molecule has 20 heavy (non-hydrogen) atoms. The van der Waals surface area contributed by atoms with Crippen LogP contribution in [-0.2, 0) is 4.79 Å². The van der Waals surface area contributed by atoms with Gasteiger partial charge in [-0.2, -0.15) is 0 Å². The van der Waals surface area contributed by atoms with Gasteiger partial charge in [0.05, 0.1) is 5.92 Å². The Bertz CT molecular complexity index is 350. The minimum absolute atomic E-state index is 0.424. The summed E-state index contributed by atoms with van der Waals surface area (Å²) in [5.41, 5.74) is 3.07. The predicted molar refractivity (Wildman–Crippen MR) is 86.8 cm³/mol. The summed E-state index contributed by atoms with van der Waals surface area (Å²) in [7, 11) is 0. The average molecular weight is 278 g/mol. The second-order valence-corrected chi connectivity index (χ2v) is 5.32. The van der Waals surface area contributed by atoms with Crippen LogP contribution in [0.5, 0.6) is 0 Å². The summed E-state index contributed by atoms with van der Waals surface area (Å²) in [6, 6.07) is 0. The van der Waals surface area contributed by atoms with Crippen LogP contribution in [0.1, 0.15) is 65.7 Å². The Morgan fingerprint density at radius 2 is 1.85 bits per heavy atom. The van der Waals surface area contributed by atoms with Gasteiger partial charge in [-0.15, -0.1) is 6.58 Å². The van der Waals surface area contributed by atoms with E-state index < -0.39 is 11.9 Å². The van der Waals surface area contributed by atoms with Gasteiger partial charge in [0, 0.05) is 0 Å². The lowest BCUT2D eigenvalue weighted by atomic mass is 9.97. The van der Waals surface area contributed by atoms with E-state index in [2.05, 4.69) is 39.5 Å². The highest BCUT2D eigenvalue weighted by Gasteiger charge is 2.10. The minimum Gasteiger partial charge on any atom is -0.481 e. The number of hydrogen-bond acceptors (Lipinski definition) is 1. The first kappa shape index (κ1) is 18.7. The van der Waals surface area contributed by atoms with E-state index in [4.69, 9.17) is 5.11 Å². The van der Waals surface area contributed by atoms with Gasteiger partial charge in [0.2, 0.25) is 0 Å². The van der Waals surface area contributed by atoms with E-state index in [1.54, 1.807) is 5.57 Å². The zero-order chi connectivity index (χ0) is 15.4. The molecule has 0 aliphatic rings. The van der Waals surface area contributed by atoms with E-state index in [-0.39, 0.29) is 0 Å². The third-order valence-electron chi connectivity index (χ3n) is 3.56. The van der Waals surface area contributed by atoms with E-state index in [9.17, 15) is 4.79 Å². The number of rotatable bonds is 11. The van der Waals surface area contributed by atoms with E-state index in [0.29, 0.717) is 6.42 Å². The standard InChI is InChI=1S/C18H30O2/c1-5-11-15(4)17(12-6-2)14-10-8-9-13-16(7-3)18(19)20/h7-8,10,16H,3,5-6,9,11-14H2,1-2,4H3,(H,19,20)/b10-8+,17-15+. The summed E-state index contributed by atoms with van der Waals surface area (Å²) < 4.78 is 0. The van der Waals surface area contributed by atoms with Gasteiger partial charge in [0.25, 0.3) is 0 Å². The fraction of sp³-hybridized carbons (Fsp3) is 0.611. The molecule has 1 N–H and O–H groups in total. The number of carboxylic acids is 1. The molecule has 0 radical (unpaired) electrons. The number of carbonyl (C=O) groups is 1. The summed E-state index contributed by atoms with van der Waals surface area (Å²) in [5.74, 6) is -1.20. The van der Waals surface area contributed by atoms with Crippen LogP contribution in [0.3, 0.4) is 0 Å². The molecule has 0 aromatic heterocycles. The maximum atomic E-state index is 10.8. The van der Waals surface area contributed by atoms with Gasteiger partial charge in [0.1, 0.15) is 0 Å². The molecular weight excluding hydrogens is 248 g/mol. The fourth-order valence-corrected chi connectivity index (χ4v) is 2.30. The summed E-state index contributed by atoms with van der Waals surface area (Å²) in [6.45, 7) is 10.2. The Hall–Kier alpha value is -1.31. The van der Waals surface area contributed by atoms with E-state index in [1.807, 2.05) is 0 Å². The lowest BCUT2D eigenvalue weighted by Gasteiger charge is -2.09. The molecule has 1 unspecified atom stereocenters. The fourth-order valence-electron chi connectivity index (χ4n) is 2.30. The summed E-state index contributed by atoms with van der Waals surface area (Å²) in [6.07, 6.45) is 13.0. The van der Waals surface area contributed by atoms with E-state index >= 15 is 0 Å². The molecular formula is C18H30O2. The van der Waals surface area contributed by atoms with Crippen LogP contribution in [0, 0.1) is 5.92 Å². The first-order chi connectivity index (χ1) is 9.56. The summed E-state index contributed by atoms with van der Waals surface area (Å²) in [5, 5.41) is 8.92. The molecule has 0 amide bonds. The predicted octanol–water partition coefficient (Wildman–Crippen LogP) is 5.52. The monoisotopic (exact) mass is 278 g/mol. The SMILES string of the molecule is C=CC(CC/C=C/C/C(CCC)=C(\C)CCC)C(=O)O. The lowest BCUT2D eigenvalue weighted by molar-refractivity contribution is -0.140. The van der Waals surface area contributed by atoms with Gasteiger partial charge in [0.15, 0.2) is 0 Å². The van der Waals surface area contributed by atoms with Gasteiger partial charge in [-0.25, -0.2) is 0 Å². The third-order valence-corrected chi connectivity index (χ3v) is 3.56. The van der Waals surface area contributed by atoms with Crippen molar-refractivity contribution >= 4 is 5.97 Å². The molecule has 1 atom stereocenters. The zero-order valence-electron chi connectivity index (χ0n) is 13.3. The Morgan fingerprint density at radius 3 is 2.35 bits per heavy atom. The maximum Gasteiger partial charge on any atom is 0.310 e. The minimum atomic E-state index is -0.779. The van der Waals surface area contributed by atoms with Crippen LogP contribution >= 0.6 is 0 Å². The first-order valence-corrected chi connectivity index (χ1v) is 7.74. The average Bonchev–Trinajstić information content (AvgIpc) is 2.41. The first-order valence-electron chi connectivity index (χ1n) is 7.74. The third kappa shape index (κ3) is 7.98. The van der Waals surface area contributed by atoms with Crippen molar-refractivity contribution in [3.05, 3.63) is 36.0 Å². The van der Waals surface area contributed by atoms with E-state index in [0.717, 1.165) is 12.8 Å². The summed E-state index contributed by atoms with van der Waals surface area (Å²) in [4.78, 5) is 10.8. The van der Waals surface area contributed by atoms with Crippen LogP contribution in [0.15, 0.2) is 36.0 Å². The topological polar surface area (TPSA) is 37.3 Å². The molecule has 0 saturated heterocycles.